The molecule has 0 bridgehead atoms. The number of thiophene rings is 1. The van der Waals surface area contributed by atoms with E-state index in [9.17, 15) is 19.2 Å². The average Bonchev–Trinajstić information content (AvgIpc) is 3.36. The van der Waals surface area contributed by atoms with Crippen molar-refractivity contribution in [2.45, 2.75) is 77.9 Å². The number of nitrogens with zero attached hydrogens (tertiary/aromatic N) is 4. The molecule has 3 aliphatic rings. The molecule has 0 aliphatic carbocycles. The zero-order valence-electron chi connectivity index (χ0n) is 23.9. The van der Waals surface area contributed by atoms with Crippen LogP contribution in [0, 0.1) is 13.8 Å². The Morgan fingerprint density at radius 2 is 1.93 bits per heavy atom. The zero-order chi connectivity index (χ0) is 28.8. The fourth-order valence-electron chi connectivity index (χ4n) is 6.20. The van der Waals surface area contributed by atoms with Gasteiger partial charge in [0.15, 0.2) is 0 Å². The van der Waals surface area contributed by atoms with Gasteiger partial charge in [-0.2, -0.15) is 0 Å². The fraction of sp³-hybridized carbons (Fsp3) is 0.607. The predicted molar refractivity (Wildman–Crippen MR) is 155 cm³/mol. The van der Waals surface area contributed by atoms with Gasteiger partial charge in [-0.1, -0.05) is 11.3 Å². The standard InChI is InChI=1S/C28H39N7O4S/c1-6-29-26(38)31-23-21(20-14-17(4)18(5)30-22(20)40-23)24(36)33-12-8-19(9-13-33)34-11-7-10-28(15-34)25(37)35(16(2)3)27(39)32-28/h14,16,19H,6-13,15H2,1-5H3,(H,32,39)(H2,29,31,38). The summed E-state index contributed by atoms with van der Waals surface area (Å²) in [6, 6.07) is 1.37. The van der Waals surface area contributed by atoms with Crippen LogP contribution in [0.4, 0.5) is 14.6 Å². The number of carbonyl (C=O) groups excluding carboxylic acids is 4. The highest BCUT2D eigenvalue weighted by Crippen LogP contribution is 2.38. The Morgan fingerprint density at radius 3 is 2.58 bits per heavy atom. The number of carbonyl (C=O) groups is 4. The van der Waals surface area contributed by atoms with Gasteiger partial charge in [0.2, 0.25) is 0 Å². The highest BCUT2D eigenvalue weighted by atomic mass is 32.1. The smallest absolute Gasteiger partial charge is 0.325 e. The van der Waals surface area contributed by atoms with Gasteiger partial charge < -0.3 is 15.5 Å². The minimum Gasteiger partial charge on any atom is -0.338 e. The van der Waals surface area contributed by atoms with E-state index in [-0.39, 0.29) is 36.0 Å². The lowest BCUT2D eigenvalue weighted by atomic mass is 9.86. The van der Waals surface area contributed by atoms with E-state index in [0.29, 0.717) is 43.2 Å². The Bertz CT molecular complexity index is 1350. The summed E-state index contributed by atoms with van der Waals surface area (Å²) in [6.45, 7) is 12.5. The summed E-state index contributed by atoms with van der Waals surface area (Å²) in [6.07, 6.45) is 3.03. The molecule has 40 heavy (non-hydrogen) atoms. The zero-order valence-corrected chi connectivity index (χ0v) is 24.7. The van der Waals surface area contributed by atoms with Gasteiger partial charge >= 0.3 is 12.1 Å². The largest absolute Gasteiger partial charge is 0.338 e. The van der Waals surface area contributed by atoms with E-state index in [1.165, 1.54) is 16.2 Å². The lowest BCUT2D eigenvalue weighted by Gasteiger charge is -2.45. The minimum atomic E-state index is -0.856. The molecule has 3 fully saturated rings. The maximum absolute atomic E-state index is 13.9. The van der Waals surface area contributed by atoms with Crippen LogP contribution in [0.15, 0.2) is 6.07 Å². The number of hydrogen-bond acceptors (Lipinski definition) is 7. The van der Waals surface area contributed by atoms with Crippen LogP contribution in [0.1, 0.15) is 68.1 Å². The third-order valence-corrected chi connectivity index (χ3v) is 9.42. The molecule has 5 rings (SSSR count). The van der Waals surface area contributed by atoms with Crippen molar-refractivity contribution >= 4 is 50.4 Å². The Hall–Kier alpha value is -3.25. The van der Waals surface area contributed by atoms with Crippen LogP contribution >= 0.6 is 11.3 Å². The summed E-state index contributed by atoms with van der Waals surface area (Å²) in [5, 5.41) is 9.88. The van der Waals surface area contributed by atoms with Crippen molar-refractivity contribution in [3.05, 3.63) is 22.9 Å². The third kappa shape index (κ3) is 5.03. The van der Waals surface area contributed by atoms with Gasteiger partial charge in [0.1, 0.15) is 15.4 Å². The van der Waals surface area contributed by atoms with Gasteiger partial charge in [-0.25, -0.2) is 14.6 Å². The third-order valence-electron chi connectivity index (χ3n) is 8.40. The molecule has 1 atom stereocenters. The SMILES string of the molecule is CCNC(=O)Nc1sc2nc(C)c(C)cc2c1C(=O)N1CCC(N2CCCC3(C2)NC(=O)N(C(C)C)C3=O)CC1. The number of fused-ring (bicyclic) bond motifs is 1. The normalized spacial score (nSPS) is 22.4. The minimum absolute atomic E-state index is 0.109. The summed E-state index contributed by atoms with van der Waals surface area (Å²) in [5.41, 5.74) is 1.52. The first-order valence-electron chi connectivity index (χ1n) is 14.2. The average molecular weight is 570 g/mol. The van der Waals surface area contributed by atoms with Crippen LogP contribution in [-0.2, 0) is 4.79 Å². The molecule has 216 valence electrons. The number of amides is 6. The molecule has 12 heteroatoms. The molecular weight excluding hydrogens is 530 g/mol. The number of urea groups is 2. The van der Waals surface area contributed by atoms with Gasteiger partial charge in [-0.3, -0.25) is 24.7 Å². The number of nitrogens with one attached hydrogen (secondary N) is 3. The van der Waals surface area contributed by atoms with Crippen molar-refractivity contribution in [3.8, 4) is 0 Å². The first-order chi connectivity index (χ1) is 19.0. The van der Waals surface area contributed by atoms with Crippen molar-refractivity contribution in [2.75, 3.05) is 38.0 Å². The molecule has 2 aromatic rings. The maximum Gasteiger partial charge on any atom is 0.325 e. The molecule has 2 aromatic heterocycles. The highest BCUT2D eigenvalue weighted by molar-refractivity contribution is 7.23. The second-order valence-corrected chi connectivity index (χ2v) is 12.4. The molecule has 1 spiro atoms. The van der Waals surface area contributed by atoms with Crippen molar-refractivity contribution in [3.63, 3.8) is 0 Å². The lowest BCUT2D eigenvalue weighted by molar-refractivity contribution is -0.134. The first-order valence-corrected chi connectivity index (χ1v) is 15.0. The van der Waals surface area contributed by atoms with Crippen LogP contribution < -0.4 is 16.0 Å². The van der Waals surface area contributed by atoms with Gasteiger partial charge in [0.05, 0.1) is 5.56 Å². The van der Waals surface area contributed by atoms with E-state index in [2.05, 4.69) is 25.8 Å². The molecule has 3 N–H and O–H groups in total. The molecule has 5 heterocycles. The second-order valence-electron chi connectivity index (χ2n) is 11.4. The second kappa shape index (κ2) is 11.0. The molecule has 0 saturated carbocycles. The van der Waals surface area contributed by atoms with Crippen LogP contribution in [0.5, 0.6) is 0 Å². The number of aromatic nitrogens is 1. The monoisotopic (exact) mass is 569 g/mol. The van der Waals surface area contributed by atoms with Crippen LogP contribution in [0.3, 0.4) is 0 Å². The number of rotatable bonds is 5. The van der Waals surface area contributed by atoms with Gasteiger partial charge in [-0.05, 0) is 78.5 Å². The number of likely N-dealkylation sites (tertiary alicyclic amines) is 2. The van der Waals surface area contributed by atoms with E-state index in [0.717, 1.165) is 47.3 Å². The number of hydrogen-bond donors (Lipinski definition) is 3. The van der Waals surface area contributed by atoms with Crippen LogP contribution in [0.25, 0.3) is 10.2 Å². The van der Waals surface area contributed by atoms with Crippen LogP contribution in [-0.4, -0.2) is 93.9 Å². The predicted octanol–water partition coefficient (Wildman–Crippen LogP) is 3.45. The summed E-state index contributed by atoms with van der Waals surface area (Å²) in [4.78, 5) is 63.1. The number of anilines is 1. The van der Waals surface area contributed by atoms with Crippen molar-refractivity contribution in [2.24, 2.45) is 0 Å². The molecule has 11 nitrogen and oxygen atoms in total. The Labute approximate surface area is 238 Å². The fourth-order valence-corrected chi connectivity index (χ4v) is 7.29. The highest BCUT2D eigenvalue weighted by Gasteiger charge is 2.54. The summed E-state index contributed by atoms with van der Waals surface area (Å²) >= 11 is 1.32. The van der Waals surface area contributed by atoms with E-state index in [1.54, 1.807) is 0 Å². The molecular formula is C28H39N7O4S. The number of aryl methyl sites for hydroxylation is 2. The first kappa shape index (κ1) is 28.3. The topological polar surface area (TPSA) is 127 Å². The number of imide groups is 1. The summed E-state index contributed by atoms with van der Waals surface area (Å²) < 4.78 is 0. The van der Waals surface area contributed by atoms with E-state index < -0.39 is 5.54 Å². The van der Waals surface area contributed by atoms with E-state index in [4.69, 9.17) is 0 Å². The molecule has 1 unspecified atom stereocenters. The van der Waals surface area contributed by atoms with Crippen LogP contribution in [0.2, 0.25) is 0 Å². The number of piperidine rings is 2. The van der Waals surface area contributed by atoms with Gasteiger partial charge in [0, 0.05) is 49.3 Å². The van der Waals surface area contributed by atoms with E-state index in [1.807, 2.05) is 45.6 Å². The quantitative estimate of drug-likeness (QED) is 0.474. The van der Waals surface area contributed by atoms with Crippen molar-refractivity contribution < 1.29 is 19.2 Å². The summed E-state index contributed by atoms with van der Waals surface area (Å²) in [5.74, 6) is -0.233. The lowest BCUT2D eigenvalue weighted by Crippen LogP contribution is -2.61. The number of pyridine rings is 1. The maximum atomic E-state index is 13.9. The van der Waals surface area contributed by atoms with Crippen molar-refractivity contribution in [1.82, 2.24) is 30.3 Å². The van der Waals surface area contributed by atoms with Crippen molar-refractivity contribution in [1.29, 1.82) is 0 Å². The van der Waals surface area contributed by atoms with Gasteiger partial charge in [-0.15, -0.1) is 0 Å². The molecule has 6 amide bonds. The van der Waals surface area contributed by atoms with Gasteiger partial charge in [0.25, 0.3) is 11.8 Å². The molecule has 3 aliphatic heterocycles. The summed E-state index contributed by atoms with van der Waals surface area (Å²) in [7, 11) is 0. The van der Waals surface area contributed by atoms with E-state index >= 15 is 0 Å². The Morgan fingerprint density at radius 1 is 1.20 bits per heavy atom. The Balaban J connectivity index is 1.31. The Kier molecular flexibility index (Phi) is 7.75. The molecule has 0 radical (unpaired) electrons. The molecule has 3 saturated heterocycles. The molecule has 0 aromatic carbocycles.